The summed E-state index contributed by atoms with van der Waals surface area (Å²) in [6, 6.07) is 7.73. The Morgan fingerprint density at radius 1 is 1.11 bits per heavy atom. The molecule has 0 saturated carbocycles. The third-order valence-electron chi connectivity index (χ3n) is 6.35. The maximum absolute atomic E-state index is 13.2. The highest BCUT2D eigenvalue weighted by atomic mass is 16.2. The molecular formula is C20H27N5O2. The minimum Gasteiger partial charge on any atom is -0.369 e. The Morgan fingerprint density at radius 3 is 2.52 bits per heavy atom. The predicted molar refractivity (Wildman–Crippen MR) is 103 cm³/mol. The molecule has 2 fully saturated rings. The number of fused-ring (bicyclic) bond motifs is 1. The van der Waals surface area contributed by atoms with E-state index in [1.165, 1.54) is 0 Å². The van der Waals surface area contributed by atoms with E-state index < -0.39 is 0 Å². The number of carbonyl (C=O) groups excluding carboxylic acids is 2. The van der Waals surface area contributed by atoms with Gasteiger partial charge in [0.1, 0.15) is 0 Å². The summed E-state index contributed by atoms with van der Waals surface area (Å²) < 4.78 is 1.73. The van der Waals surface area contributed by atoms with Gasteiger partial charge in [-0.05, 0) is 50.9 Å². The van der Waals surface area contributed by atoms with Gasteiger partial charge in [-0.2, -0.15) is 5.10 Å². The zero-order chi connectivity index (χ0) is 19.1. The standard InChI is InChI=1S/C20H27N5O2/c1-23-9-7-13(8-10-23)15-11-25(12-16(15)19(21)26)20(27)18-14-5-3-4-6-17(14)24(2)22-18/h3-6,13,15-16H,7-12H2,1-2H3,(H2,21,26)/t15-,16+/m0/s1. The van der Waals surface area contributed by atoms with E-state index in [4.69, 9.17) is 5.73 Å². The number of aryl methyl sites for hydroxylation is 1. The first kappa shape index (κ1) is 18.0. The number of amides is 2. The summed E-state index contributed by atoms with van der Waals surface area (Å²) in [6.45, 7) is 3.05. The molecule has 2 aliphatic heterocycles. The van der Waals surface area contributed by atoms with E-state index in [2.05, 4.69) is 17.0 Å². The van der Waals surface area contributed by atoms with Gasteiger partial charge in [0.05, 0.1) is 11.4 Å². The highest BCUT2D eigenvalue weighted by Crippen LogP contribution is 2.36. The Bertz CT molecular complexity index is 868. The second kappa shape index (κ2) is 6.96. The lowest BCUT2D eigenvalue weighted by atomic mass is 9.78. The van der Waals surface area contributed by atoms with Gasteiger partial charge in [0.15, 0.2) is 5.69 Å². The van der Waals surface area contributed by atoms with Crippen molar-refractivity contribution in [2.75, 3.05) is 33.2 Å². The molecule has 2 atom stereocenters. The fourth-order valence-corrected chi connectivity index (χ4v) is 4.75. The van der Waals surface area contributed by atoms with E-state index in [1.54, 1.807) is 9.58 Å². The molecule has 0 bridgehead atoms. The van der Waals surface area contributed by atoms with E-state index in [0.717, 1.165) is 36.8 Å². The SMILES string of the molecule is CN1CCC([C@@H]2CN(C(=O)c3nn(C)c4ccccc34)C[C@H]2C(N)=O)CC1. The molecule has 2 aliphatic rings. The highest BCUT2D eigenvalue weighted by Gasteiger charge is 2.43. The van der Waals surface area contributed by atoms with Gasteiger partial charge in [-0.15, -0.1) is 0 Å². The van der Waals surface area contributed by atoms with E-state index in [0.29, 0.717) is 24.7 Å². The number of aromatic nitrogens is 2. The molecule has 2 amide bonds. The molecule has 2 saturated heterocycles. The van der Waals surface area contributed by atoms with Crippen molar-refractivity contribution in [3.8, 4) is 0 Å². The van der Waals surface area contributed by atoms with Gasteiger partial charge in [0, 0.05) is 25.5 Å². The number of primary amides is 1. The second-order valence-electron chi connectivity index (χ2n) is 8.01. The molecule has 144 valence electrons. The van der Waals surface area contributed by atoms with Gasteiger partial charge in [0.2, 0.25) is 5.91 Å². The maximum Gasteiger partial charge on any atom is 0.275 e. The molecular weight excluding hydrogens is 342 g/mol. The summed E-state index contributed by atoms with van der Waals surface area (Å²) in [5.41, 5.74) is 7.10. The van der Waals surface area contributed by atoms with Gasteiger partial charge < -0.3 is 15.5 Å². The molecule has 2 N–H and O–H groups in total. The number of hydrogen-bond acceptors (Lipinski definition) is 4. The Morgan fingerprint density at radius 2 is 1.81 bits per heavy atom. The molecule has 2 aromatic rings. The van der Waals surface area contributed by atoms with Crippen LogP contribution in [0.1, 0.15) is 23.3 Å². The third-order valence-corrected chi connectivity index (χ3v) is 6.35. The van der Waals surface area contributed by atoms with E-state index in [9.17, 15) is 9.59 Å². The van der Waals surface area contributed by atoms with Crippen molar-refractivity contribution in [1.82, 2.24) is 19.6 Å². The lowest BCUT2D eigenvalue weighted by molar-refractivity contribution is -0.123. The van der Waals surface area contributed by atoms with Crippen molar-refractivity contribution in [2.45, 2.75) is 12.8 Å². The molecule has 4 rings (SSSR count). The minimum atomic E-state index is -0.292. The first-order valence-corrected chi connectivity index (χ1v) is 9.64. The van der Waals surface area contributed by atoms with Gasteiger partial charge in [-0.25, -0.2) is 0 Å². The number of nitrogens with zero attached hydrogens (tertiary/aromatic N) is 4. The number of para-hydroxylation sites is 1. The Labute approximate surface area is 159 Å². The summed E-state index contributed by atoms with van der Waals surface area (Å²) in [5, 5.41) is 5.30. The van der Waals surface area contributed by atoms with Crippen molar-refractivity contribution < 1.29 is 9.59 Å². The first-order chi connectivity index (χ1) is 13.0. The van der Waals surface area contributed by atoms with Crippen molar-refractivity contribution in [1.29, 1.82) is 0 Å². The molecule has 1 aromatic carbocycles. The molecule has 27 heavy (non-hydrogen) atoms. The molecule has 1 aromatic heterocycles. The van der Waals surface area contributed by atoms with Crippen LogP contribution in [0.2, 0.25) is 0 Å². The Balaban J connectivity index is 1.58. The quantitative estimate of drug-likeness (QED) is 0.878. The molecule has 3 heterocycles. The lowest BCUT2D eigenvalue weighted by Crippen LogP contribution is -2.38. The molecule has 0 unspecified atom stereocenters. The van der Waals surface area contributed by atoms with Crippen molar-refractivity contribution in [3.05, 3.63) is 30.0 Å². The number of hydrogen-bond donors (Lipinski definition) is 1. The molecule has 7 heteroatoms. The number of piperidine rings is 1. The van der Waals surface area contributed by atoms with Crippen molar-refractivity contribution >= 4 is 22.7 Å². The van der Waals surface area contributed by atoms with Crippen LogP contribution in [0.4, 0.5) is 0 Å². The zero-order valence-corrected chi connectivity index (χ0v) is 16.0. The maximum atomic E-state index is 13.2. The number of rotatable bonds is 3. The molecule has 0 aliphatic carbocycles. The summed E-state index contributed by atoms with van der Waals surface area (Å²) >= 11 is 0. The van der Waals surface area contributed by atoms with E-state index in [-0.39, 0.29) is 23.7 Å². The highest BCUT2D eigenvalue weighted by molar-refractivity contribution is 6.05. The number of likely N-dealkylation sites (tertiary alicyclic amines) is 2. The normalized spacial score (nSPS) is 24.6. The summed E-state index contributed by atoms with van der Waals surface area (Å²) in [5.74, 6) is -0.0713. The first-order valence-electron chi connectivity index (χ1n) is 9.64. The topological polar surface area (TPSA) is 84.5 Å². The van der Waals surface area contributed by atoms with Crippen LogP contribution in [-0.2, 0) is 11.8 Å². The van der Waals surface area contributed by atoms with Gasteiger partial charge in [-0.1, -0.05) is 18.2 Å². The van der Waals surface area contributed by atoms with E-state index in [1.807, 2.05) is 31.3 Å². The third kappa shape index (κ3) is 3.20. The number of benzene rings is 1. The van der Waals surface area contributed by atoms with Crippen LogP contribution in [0.15, 0.2) is 24.3 Å². The fourth-order valence-electron chi connectivity index (χ4n) is 4.75. The van der Waals surface area contributed by atoms with Crippen LogP contribution in [-0.4, -0.2) is 64.6 Å². The van der Waals surface area contributed by atoms with Crippen LogP contribution in [0, 0.1) is 17.8 Å². The van der Waals surface area contributed by atoms with Crippen LogP contribution < -0.4 is 5.73 Å². The van der Waals surface area contributed by atoms with Gasteiger partial charge in [0.25, 0.3) is 5.91 Å². The van der Waals surface area contributed by atoms with Crippen LogP contribution in [0.5, 0.6) is 0 Å². The summed E-state index contributed by atoms with van der Waals surface area (Å²) in [6.07, 6.45) is 2.11. The summed E-state index contributed by atoms with van der Waals surface area (Å²) in [7, 11) is 3.97. The minimum absolute atomic E-state index is 0.103. The number of carbonyl (C=O) groups is 2. The Kier molecular flexibility index (Phi) is 4.63. The Hall–Kier alpha value is -2.41. The average molecular weight is 369 g/mol. The summed E-state index contributed by atoms with van der Waals surface area (Å²) in [4.78, 5) is 29.4. The molecule has 0 radical (unpaired) electrons. The predicted octanol–water partition coefficient (Wildman–Crippen LogP) is 1.09. The van der Waals surface area contributed by atoms with Crippen molar-refractivity contribution in [2.24, 2.45) is 30.5 Å². The monoisotopic (exact) mass is 369 g/mol. The van der Waals surface area contributed by atoms with Gasteiger partial charge in [-0.3, -0.25) is 14.3 Å². The average Bonchev–Trinajstić information content (AvgIpc) is 3.25. The van der Waals surface area contributed by atoms with E-state index >= 15 is 0 Å². The second-order valence-corrected chi connectivity index (χ2v) is 8.01. The van der Waals surface area contributed by atoms with Crippen LogP contribution in [0.3, 0.4) is 0 Å². The lowest BCUT2D eigenvalue weighted by Gasteiger charge is -2.34. The van der Waals surface area contributed by atoms with Crippen LogP contribution in [0.25, 0.3) is 10.9 Å². The largest absolute Gasteiger partial charge is 0.369 e. The van der Waals surface area contributed by atoms with Crippen molar-refractivity contribution in [3.63, 3.8) is 0 Å². The molecule has 0 spiro atoms. The fraction of sp³-hybridized carbons (Fsp3) is 0.550. The van der Waals surface area contributed by atoms with Crippen LogP contribution >= 0.6 is 0 Å². The number of nitrogens with two attached hydrogens (primary N) is 1. The molecule has 7 nitrogen and oxygen atoms in total. The smallest absolute Gasteiger partial charge is 0.275 e. The van der Waals surface area contributed by atoms with Gasteiger partial charge >= 0.3 is 0 Å². The zero-order valence-electron chi connectivity index (χ0n) is 16.0.